The van der Waals surface area contributed by atoms with E-state index in [1.165, 1.54) is 33.0 Å². The molecule has 26 heavy (non-hydrogen) atoms. The van der Waals surface area contributed by atoms with E-state index in [-0.39, 0.29) is 0 Å². The first kappa shape index (κ1) is 18.8. The minimum absolute atomic E-state index is 1.09. The van der Waals surface area contributed by atoms with E-state index < -0.39 is 0 Å². The van der Waals surface area contributed by atoms with E-state index in [1.54, 1.807) is 0 Å². The highest BCUT2D eigenvalue weighted by Crippen LogP contribution is 2.33. The molecule has 2 nitrogen and oxygen atoms in total. The molecule has 2 heterocycles. The molecule has 0 amide bonds. The highest BCUT2D eigenvalue weighted by molar-refractivity contribution is 6.06. The van der Waals surface area contributed by atoms with Gasteiger partial charge in [0.15, 0.2) is 0 Å². The number of fused-ring (bicyclic) bond motifs is 3. The predicted octanol–water partition coefficient (Wildman–Crippen LogP) is 6.59. The van der Waals surface area contributed by atoms with Gasteiger partial charge in [-0.2, -0.15) is 0 Å². The zero-order valence-corrected chi connectivity index (χ0v) is 16.9. The van der Waals surface area contributed by atoms with Gasteiger partial charge in [0.05, 0.1) is 11.0 Å². The lowest BCUT2D eigenvalue weighted by molar-refractivity contribution is 0.871. The lowest BCUT2D eigenvalue weighted by Crippen LogP contribution is -2.02. The van der Waals surface area contributed by atoms with Gasteiger partial charge >= 0.3 is 0 Å². The second-order valence-electron chi connectivity index (χ2n) is 7.44. The lowest BCUT2D eigenvalue weighted by atomic mass is 9.89. The van der Waals surface area contributed by atoms with Crippen molar-refractivity contribution in [2.75, 3.05) is 0 Å². The van der Waals surface area contributed by atoms with Crippen molar-refractivity contribution in [1.29, 1.82) is 0 Å². The Morgan fingerprint density at radius 3 is 1.31 bits per heavy atom. The number of aryl methyl sites for hydroxylation is 4. The summed E-state index contributed by atoms with van der Waals surface area (Å²) >= 11 is 0. The minimum atomic E-state index is 1.09. The Bertz CT molecular complexity index is 821. The van der Waals surface area contributed by atoms with E-state index in [4.69, 9.17) is 9.97 Å². The Kier molecular flexibility index (Phi) is 6.24. The molecule has 0 saturated heterocycles. The van der Waals surface area contributed by atoms with Crippen molar-refractivity contribution in [3.63, 3.8) is 0 Å². The number of nitrogens with zero attached hydrogens (tertiary/aromatic N) is 2. The first-order chi connectivity index (χ1) is 12.7. The van der Waals surface area contributed by atoms with Crippen molar-refractivity contribution >= 4 is 21.8 Å². The minimum Gasteiger partial charge on any atom is -0.254 e. The van der Waals surface area contributed by atoms with Crippen molar-refractivity contribution in [3.05, 3.63) is 46.8 Å². The molecule has 138 valence electrons. The van der Waals surface area contributed by atoms with Crippen molar-refractivity contribution < 1.29 is 0 Å². The van der Waals surface area contributed by atoms with Crippen LogP contribution in [0.15, 0.2) is 24.5 Å². The number of hydrogen-bond donors (Lipinski definition) is 0. The molecule has 3 rings (SSSR count). The highest BCUT2D eigenvalue weighted by atomic mass is 14.7. The summed E-state index contributed by atoms with van der Waals surface area (Å²) in [5.74, 6) is 0. The summed E-state index contributed by atoms with van der Waals surface area (Å²) in [6.45, 7) is 9.02. The molecule has 0 fully saturated rings. The van der Waals surface area contributed by atoms with Crippen LogP contribution in [0.25, 0.3) is 21.8 Å². The average molecular weight is 349 g/mol. The molecule has 2 aromatic heterocycles. The summed E-state index contributed by atoms with van der Waals surface area (Å²) in [4.78, 5) is 9.77. The van der Waals surface area contributed by atoms with Gasteiger partial charge in [0.25, 0.3) is 0 Å². The molecule has 0 atom stereocenters. The van der Waals surface area contributed by atoms with Gasteiger partial charge in [0.1, 0.15) is 0 Å². The predicted molar refractivity (Wildman–Crippen MR) is 113 cm³/mol. The van der Waals surface area contributed by atoms with Crippen molar-refractivity contribution in [2.24, 2.45) is 0 Å². The Morgan fingerprint density at radius 2 is 0.962 bits per heavy atom. The molecule has 0 aliphatic rings. The molecule has 3 aromatic rings. The Balaban J connectivity index is 2.37. The monoisotopic (exact) mass is 348 g/mol. The Labute approximate surface area is 158 Å². The summed E-state index contributed by atoms with van der Waals surface area (Å²) in [6, 6.07) is 4.77. The van der Waals surface area contributed by atoms with Gasteiger partial charge in [-0.1, -0.05) is 53.4 Å². The third-order valence-corrected chi connectivity index (χ3v) is 5.20. The van der Waals surface area contributed by atoms with Crippen LogP contribution in [0.1, 0.15) is 75.6 Å². The molecule has 0 radical (unpaired) electrons. The van der Waals surface area contributed by atoms with Crippen LogP contribution in [-0.2, 0) is 25.7 Å². The topological polar surface area (TPSA) is 25.8 Å². The molecule has 0 aliphatic heterocycles. The maximum absolute atomic E-state index is 4.89. The van der Waals surface area contributed by atoms with Crippen molar-refractivity contribution in [1.82, 2.24) is 9.97 Å². The number of aromatic nitrogens is 2. The molecule has 0 saturated carbocycles. The highest BCUT2D eigenvalue weighted by Gasteiger charge is 2.16. The van der Waals surface area contributed by atoms with Crippen LogP contribution in [0.2, 0.25) is 0 Å². The van der Waals surface area contributed by atoms with Crippen LogP contribution in [0, 0.1) is 0 Å². The van der Waals surface area contributed by atoms with Crippen LogP contribution in [0.4, 0.5) is 0 Å². The largest absolute Gasteiger partial charge is 0.254 e. The van der Waals surface area contributed by atoms with E-state index in [0.29, 0.717) is 0 Å². The molecule has 0 N–H and O–H groups in total. The first-order valence-corrected chi connectivity index (χ1v) is 10.4. The zero-order chi connectivity index (χ0) is 18.5. The zero-order valence-electron chi connectivity index (χ0n) is 16.9. The molecule has 1 aromatic carbocycles. The van der Waals surface area contributed by atoms with E-state index in [1.807, 2.05) is 0 Å². The van der Waals surface area contributed by atoms with E-state index in [9.17, 15) is 0 Å². The summed E-state index contributed by atoms with van der Waals surface area (Å²) < 4.78 is 0. The van der Waals surface area contributed by atoms with Gasteiger partial charge in [-0.15, -0.1) is 0 Å². The standard InChI is InChI=1S/C24H32N2/c1-5-9-17-13-21-19(11-7-3)20(12-8-4)22-14-18(10-6-2)16-26-24(22)23(21)25-15-17/h13-16H,5-12H2,1-4H3. The quantitative estimate of drug-likeness (QED) is 0.429. The van der Waals surface area contributed by atoms with Gasteiger partial charge in [-0.05, 0) is 60.1 Å². The van der Waals surface area contributed by atoms with Crippen molar-refractivity contribution in [3.8, 4) is 0 Å². The average Bonchev–Trinajstić information content (AvgIpc) is 2.65. The van der Waals surface area contributed by atoms with Gasteiger partial charge in [-0.3, -0.25) is 9.97 Å². The molecular weight excluding hydrogens is 316 g/mol. The fraction of sp³-hybridized carbons (Fsp3) is 0.500. The molecular formula is C24H32N2. The van der Waals surface area contributed by atoms with E-state index >= 15 is 0 Å². The molecule has 0 spiro atoms. The van der Waals surface area contributed by atoms with Crippen molar-refractivity contribution in [2.45, 2.75) is 79.1 Å². The van der Waals surface area contributed by atoms with Gasteiger partial charge < -0.3 is 0 Å². The van der Waals surface area contributed by atoms with Gasteiger partial charge in [0, 0.05) is 23.2 Å². The molecule has 2 heteroatoms. The van der Waals surface area contributed by atoms with Gasteiger partial charge in [0.2, 0.25) is 0 Å². The third kappa shape index (κ3) is 3.60. The fourth-order valence-corrected chi connectivity index (χ4v) is 4.10. The maximum Gasteiger partial charge on any atom is 0.0967 e. The van der Waals surface area contributed by atoms with Crippen LogP contribution >= 0.6 is 0 Å². The van der Waals surface area contributed by atoms with Crippen LogP contribution in [-0.4, -0.2) is 9.97 Å². The second kappa shape index (κ2) is 8.62. The summed E-state index contributed by atoms with van der Waals surface area (Å²) in [5, 5.41) is 2.67. The molecule has 0 unspecified atom stereocenters. The normalized spacial score (nSPS) is 11.5. The van der Waals surface area contributed by atoms with E-state index in [2.05, 4.69) is 52.2 Å². The third-order valence-electron chi connectivity index (χ3n) is 5.20. The number of pyridine rings is 2. The molecule has 0 bridgehead atoms. The number of hydrogen-bond acceptors (Lipinski definition) is 2. The maximum atomic E-state index is 4.89. The summed E-state index contributed by atoms with van der Waals surface area (Å²) in [6.07, 6.45) is 13.2. The number of benzene rings is 1. The second-order valence-corrected chi connectivity index (χ2v) is 7.44. The number of rotatable bonds is 8. The SMILES string of the molecule is CCCc1cnc2c(c1)c(CCC)c(CCC)c1cc(CCC)cnc12. The van der Waals surface area contributed by atoms with Gasteiger partial charge in [-0.25, -0.2) is 0 Å². The summed E-state index contributed by atoms with van der Waals surface area (Å²) in [5.41, 5.74) is 7.90. The Morgan fingerprint density at radius 1 is 0.577 bits per heavy atom. The Hall–Kier alpha value is -1.96. The fourth-order valence-electron chi connectivity index (χ4n) is 4.10. The smallest absolute Gasteiger partial charge is 0.0967 e. The van der Waals surface area contributed by atoms with Crippen LogP contribution < -0.4 is 0 Å². The molecule has 0 aliphatic carbocycles. The first-order valence-electron chi connectivity index (χ1n) is 10.4. The lowest BCUT2D eigenvalue weighted by Gasteiger charge is -2.17. The summed E-state index contributed by atoms with van der Waals surface area (Å²) in [7, 11) is 0. The van der Waals surface area contributed by atoms with E-state index in [0.717, 1.165) is 62.4 Å². The van der Waals surface area contributed by atoms with Crippen LogP contribution in [0.3, 0.4) is 0 Å². The van der Waals surface area contributed by atoms with Crippen LogP contribution in [0.5, 0.6) is 0 Å².